The monoisotopic (exact) mass is 180 g/mol. The highest BCUT2D eigenvalue weighted by Crippen LogP contribution is 2.18. The number of diazo groups is 1. The largest absolute Gasteiger partial charge is 1.00 e. The van der Waals surface area contributed by atoms with E-state index in [2.05, 4.69) is 15.2 Å². The van der Waals surface area contributed by atoms with Crippen LogP contribution in [0.2, 0.25) is 0 Å². The van der Waals surface area contributed by atoms with Crippen LogP contribution in [-0.2, 0) is 0 Å². The summed E-state index contributed by atoms with van der Waals surface area (Å²) in [5.41, 5.74) is 1.40. The Labute approximate surface area is 74.6 Å². The first-order valence-electron chi connectivity index (χ1n) is 3.18. The molecule has 0 bridgehead atoms. The second-order valence-corrected chi connectivity index (χ2v) is 2.24. The van der Waals surface area contributed by atoms with Gasteiger partial charge in [0.15, 0.2) is 4.98 Å². The van der Waals surface area contributed by atoms with Crippen LogP contribution < -0.4 is 12.4 Å². The van der Waals surface area contributed by atoms with Gasteiger partial charge in [0.25, 0.3) is 0 Å². The zero-order valence-corrected chi connectivity index (χ0v) is 6.78. The minimum absolute atomic E-state index is 0. The lowest BCUT2D eigenvalue weighted by molar-refractivity contribution is -0.00000250. The topological polar surface area (TPSA) is 56.8 Å². The van der Waals surface area contributed by atoms with E-state index in [9.17, 15) is 0 Å². The van der Waals surface area contributed by atoms with Crippen LogP contribution in [0.25, 0.3) is 15.9 Å². The molecule has 5 heteroatoms. The van der Waals surface area contributed by atoms with Crippen LogP contribution in [0.5, 0.6) is 0 Å². The first kappa shape index (κ1) is 8.50. The Morgan fingerprint density at radius 3 is 3.00 bits per heavy atom. The molecule has 4 nitrogen and oxygen atoms in total. The number of rotatable bonds is 0. The third-order valence-corrected chi connectivity index (χ3v) is 1.54. The van der Waals surface area contributed by atoms with Crippen molar-refractivity contribution >= 4 is 16.6 Å². The van der Waals surface area contributed by atoms with E-state index in [1.165, 1.54) is 0 Å². The van der Waals surface area contributed by atoms with Crippen LogP contribution in [0, 0.1) is 5.39 Å². The van der Waals surface area contributed by atoms with E-state index in [1.807, 2.05) is 6.07 Å². The molecule has 2 aromatic rings. The van der Waals surface area contributed by atoms with E-state index < -0.39 is 0 Å². The molecule has 0 spiro atoms. The molecule has 1 aromatic carbocycles. The molecular weight excluding hydrogens is 176 g/mol. The van der Waals surface area contributed by atoms with Crippen molar-refractivity contribution < 1.29 is 12.4 Å². The van der Waals surface area contributed by atoms with Gasteiger partial charge in [0.2, 0.25) is 5.39 Å². The fourth-order valence-electron chi connectivity index (χ4n) is 0.987. The molecule has 0 amide bonds. The SMILES string of the molecule is N#[N+]c1ccc2cn[nH]c2c1.[Cl-]. The molecule has 2 rings (SSSR count). The van der Waals surface area contributed by atoms with Crippen LogP contribution in [0.1, 0.15) is 0 Å². The van der Waals surface area contributed by atoms with E-state index in [0.29, 0.717) is 5.69 Å². The van der Waals surface area contributed by atoms with Crippen molar-refractivity contribution in [2.75, 3.05) is 0 Å². The summed E-state index contributed by atoms with van der Waals surface area (Å²) in [5.74, 6) is 0. The van der Waals surface area contributed by atoms with E-state index in [1.54, 1.807) is 18.3 Å². The first-order valence-corrected chi connectivity index (χ1v) is 3.18. The number of aromatic nitrogens is 2. The van der Waals surface area contributed by atoms with Crippen molar-refractivity contribution in [3.05, 3.63) is 29.4 Å². The Kier molecular flexibility index (Phi) is 2.26. The lowest BCUT2D eigenvalue weighted by atomic mass is 10.2. The molecule has 1 aromatic heterocycles. The molecule has 0 saturated carbocycles. The van der Waals surface area contributed by atoms with Gasteiger partial charge in [0.1, 0.15) is 0 Å². The van der Waals surface area contributed by atoms with Crippen LogP contribution in [0.4, 0.5) is 5.69 Å². The van der Waals surface area contributed by atoms with Crippen LogP contribution in [0.15, 0.2) is 24.4 Å². The van der Waals surface area contributed by atoms with Gasteiger partial charge in [-0.25, -0.2) is 0 Å². The molecule has 0 fully saturated rings. The summed E-state index contributed by atoms with van der Waals surface area (Å²) in [6.45, 7) is 0. The van der Waals surface area contributed by atoms with Crippen LogP contribution in [-0.4, -0.2) is 10.2 Å². The lowest BCUT2D eigenvalue weighted by Gasteiger charge is -1.80. The van der Waals surface area contributed by atoms with Crippen molar-refractivity contribution in [1.82, 2.24) is 10.2 Å². The molecule has 0 aliphatic heterocycles. The van der Waals surface area contributed by atoms with Gasteiger partial charge in [-0.15, -0.1) is 0 Å². The summed E-state index contributed by atoms with van der Waals surface area (Å²) in [6.07, 6.45) is 1.72. The molecule has 0 aliphatic carbocycles. The number of fused-ring (bicyclic) bond motifs is 1. The lowest BCUT2D eigenvalue weighted by Crippen LogP contribution is -3.00. The van der Waals surface area contributed by atoms with Gasteiger partial charge in [-0.2, -0.15) is 5.10 Å². The number of hydrogen-bond acceptors (Lipinski definition) is 2. The predicted octanol–water partition coefficient (Wildman–Crippen LogP) is -0.949. The third kappa shape index (κ3) is 1.22. The Hall–Kier alpha value is -1.60. The second-order valence-electron chi connectivity index (χ2n) is 2.24. The van der Waals surface area contributed by atoms with Gasteiger partial charge in [-0.3, -0.25) is 5.10 Å². The van der Waals surface area contributed by atoms with Crippen molar-refractivity contribution in [3.63, 3.8) is 0 Å². The number of benzene rings is 1. The van der Waals surface area contributed by atoms with Crippen molar-refractivity contribution in [3.8, 4) is 0 Å². The minimum Gasteiger partial charge on any atom is -1.00 e. The highest BCUT2D eigenvalue weighted by atomic mass is 35.5. The Bertz CT molecular complexity index is 428. The maximum Gasteiger partial charge on any atom is 0.387 e. The average molecular weight is 181 g/mol. The highest BCUT2D eigenvalue weighted by Gasteiger charge is 2.04. The summed E-state index contributed by atoms with van der Waals surface area (Å²) in [6, 6.07) is 5.29. The first-order chi connectivity index (χ1) is 5.40. The Balaban J connectivity index is 0.000000720. The molecule has 1 heterocycles. The number of aromatic amines is 1. The normalized spacial score (nSPS) is 8.92. The number of nitrogens with one attached hydrogen (secondary N) is 1. The van der Waals surface area contributed by atoms with E-state index in [0.717, 1.165) is 10.9 Å². The summed E-state index contributed by atoms with van der Waals surface area (Å²) in [5, 5.41) is 16.0. The van der Waals surface area contributed by atoms with E-state index >= 15 is 0 Å². The predicted molar refractivity (Wildman–Crippen MR) is 40.8 cm³/mol. The molecular formula is C7H5ClN4. The summed E-state index contributed by atoms with van der Waals surface area (Å²) in [7, 11) is 0. The van der Waals surface area contributed by atoms with Crippen LogP contribution in [0.3, 0.4) is 0 Å². The van der Waals surface area contributed by atoms with Gasteiger partial charge in [-0.1, -0.05) is 0 Å². The maximum atomic E-state index is 8.43. The number of halogens is 1. The maximum absolute atomic E-state index is 8.43. The van der Waals surface area contributed by atoms with Gasteiger partial charge in [0.05, 0.1) is 17.8 Å². The number of H-pyrrole nitrogens is 1. The highest BCUT2D eigenvalue weighted by molar-refractivity contribution is 5.81. The second kappa shape index (κ2) is 3.20. The molecule has 1 N–H and O–H groups in total. The number of nitrogens with zero attached hydrogens (tertiary/aromatic N) is 3. The Morgan fingerprint density at radius 1 is 1.42 bits per heavy atom. The standard InChI is InChI=1S/C7H5N4.ClH/c8-10-6-2-1-5-4-9-11-7(5)3-6;/h1-4H,(H,9,11);1H/q+1;/p-1. The zero-order valence-electron chi connectivity index (χ0n) is 6.03. The summed E-state index contributed by atoms with van der Waals surface area (Å²) >= 11 is 0. The minimum atomic E-state index is 0. The van der Waals surface area contributed by atoms with Gasteiger partial charge in [-0.05, 0) is 6.07 Å². The molecule has 0 unspecified atom stereocenters. The third-order valence-electron chi connectivity index (χ3n) is 1.54. The van der Waals surface area contributed by atoms with Crippen molar-refractivity contribution in [2.45, 2.75) is 0 Å². The van der Waals surface area contributed by atoms with E-state index in [4.69, 9.17) is 5.39 Å². The quantitative estimate of drug-likeness (QED) is 0.532. The van der Waals surface area contributed by atoms with Gasteiger partial charge < -0.3 is 12.4 Å². The molecule has 60 valence electrons. The molecule has 0 saturated heterocycles. The van der Waals surface area contributed by atoms with Gasteiger partial charge >= 0.3 is 5.69 Å². The molecule has 0 aliphatic rings. The fourth-order valence-corrected chi connectivity index (χ4v) is 0.987. The smallest absolute Gasteiger partial charge is 0.387 e. The zero-order chi connectivity index (χ0) is 7.68. The molecule has 0 radical (unpaired) electrons. The van der Waals surface area contributed by atoms with Gasteiger partial charge in [0, 0.05) is 11.5 Å². The van der Waals surface area contributed by atoms with Crippen molar-refractivity contribution in [1.29, 1.82) is 5.39 Å². The molecule has 12 heavy (non-hydrogen) atoms. The summed E-state index contributed by atoms with van der Waals surface area (Å²) in [4.78, 5) is 3.05. The molecule has 0 atom stereocenters. The fraction of sp³-hybridized carbons (Fsp3) is 0. The van der Waals surface area contributed by atoms with E-state index in [-0.39, 0.29) is 12.4 Å². The number of hydrogen-bond donors (Lipinski definition) is 1. The summed E-state index contributed by atoms with van der Waals surface area (Å²) < 4.78 is 0. The van der Waals surface area contributed by atoms with Crippen LogP contribution >= 0.6 is 0 Å². The van der Waals surface area contributed by atoms with Crippen molar-refractivity contribution in [2.24, 2.45) is 0 Å². The average Bonchev–Trinajstić information content (AvgIpc) is 2.50. The Morgan fingerprint density at radius 2 is 2.25 bits per heavy atom.